The minimum absolute atomic E-state index is 0.269. The molecular formula is C14H15NO3. The molecule has 0 aliphatic carbocycles. The standard InChI is InChI=1S/C14H15NO3/c1-10(2)8-13(16)15-9-12(18-14(15)17)11-6-4-3-5-7-11/h3-8,12H,9H2,1-2H3/t12-/m1/s1. The highest BCUT2D eigenvalue weighted by atomic mass is 16.6. The van der Waals surface area contributed by atoms with Gasteiger partial charge in [0.25, 0.3) is 5.91 Å². The molecule has 0 radical (unpaired) electrons. The van der Waals surface area contributed by atoms with Gasteiger partial charge in [-0.05, 0) is 19.4 Å². The van der Waals surface area contributed by atoms with Crippen LogP contribution in [0.15, 0.2) is 42.0 Å². The van der Waals surface area contributed by atoms with Crippen molar-refractivity contribution >= 4 is 12.0 Å². The van der Waals surface area contributed by atoms with Gasteiger partial charge >= 0.3 is 6.09 Å². The maximum atomic E-state index is 11.8. The van der Waals surface area contributed by atoms with Crippen LogP contribution < -0.4 is 0 Å². The summed E-state index contributed by atoms with van der Waals surface area (Å²) in [5.74, 6) is -0.321. The van der Waals surface area contributed by atoms with Gasteiger partial charge in [-0.15, -0.1) is 0 Å². The monoisotopic (exact) mass is 245 g/mol. The van der Waals surface area contributed by atoms with Gasteiger partial charge < -0.3 is 4.74 Å². The van der Waals surface area contributed by atoms with E-state index in [2.05, 4.69) is 0 Å². The van der Waals surface area contributed by atoms with E-state index in [0.29, 0.717) is 0 Å². The molecule has 18 heavy (non-hydrogen) atoms. The summed E-state index contributed by atoms with van der Waals surface area (Å²) in [6.07, 6.45) is 0.494. The van der Waals surface area contributed by atoms with Crippen LogP contribution in [-0.2, 0) is 9.53 Å². The van der Waals surface area contributed by atoms with E-state index in [1.807, 2.05) is 44.2 Å². The molecule has 1 aromatic carbocycles. The molecule has 0 aromatic heterocycles. The summed E-state index contributed by atoms with van der Waals surface area (Å²) in [6.45, 7) is 3.90. The molecular weight excluding hydrogens is 230 g/mol. The summed E-state index contributed by atoms with van der Waals surface area (Å²) >= 11 is 0. The second-order valence-corrected chi connectivity index (χ2v) is 4.45. The van der Waals surface area contributed by atoms with E-state index in [0.717, 1.165) is 16.0 Å². The molecule has 2 amide bonds. The summed E-state index contributed by atoms with van der Waals surface area (Å²) in [4.78, 5) is 24.6. The third-order valence-electron chi connectivity index (χ3n) is 2.66. The molecule has 0 saturated carbocycles. The SMILES string of the molecule is CC(C)=CC(=O)N1C[C@H](c2ccccc2)OC1=O. The number of ether oxygens (including phenoxy) is 1. The largest absolute Gasteiger partial charge is 0.439 e. The molecule has 4 nitrogen and oxygen atoms in total. The topological polar surface area (TPSA) is 46.6 Å². The van der Waals surface area contributed by atoms with Crippen molar-refractivity contribution in [3.8, 4) is 0 Å². The summed E-state index contributed by atoms with van der Waals surface area (Å²) in [7, 11) is 0. The van der Waals surface area contributed by atoms with Crippen molar-refractivity contribution in [1.29, 1.82) is 0 Å². The van der Waals surface area contributed by atoms with Gasteiger partial charge in [0.15, 0.2) is 0 Å². The van der Waals surface area contributed by atoms with Crippen molar-refractivity contribution < 1.29 is 14.3 Å². The van der Waals surface area contributed by atoms with Crippen molar-refractivity contribution in [1.82, 2.24) is 4.90 Å². The highest BCUT2D eigenvalue weighted by Crippen LogP contribution is 2.26. The molecule has 0 unspecified atom stereocenters. The Morgan fingerprint density at radius 1 is 1.33 bits per heavy atom. The Labute approximate surface area is 106 Å². The second kappa shape index (κ2) is 5.04. The van der Waals surface area contributed by atoms with Crippen LogP contribution in [0, 0.1) is 0 Å². The molecule has 2 rings (SSSR count). The number of amides is 2. The molecule has 4 heteroatoms. The number of allylic oxidation sites excluding steroid dienone is 1. The van der Waals surface area contributed by atoms with Crippen molar-refractivity contribution in [3.63, 3.8) is 0 Å². The number of carbonyl (C=O) groups is 2. The molecule has 1 atom stereocenters. The van der Waals surface area contributed by atoms with Crippen molar-refractivity contribution in [3.05, 3.63) is 47.5 Å². The smallest absolute Gasteiger partial charge is 0.417 e. The van der Waals surface area contributed by atoms with Gasteiger partial charge in [-0.3, -0.25) is 4.79 Å². The van der Waals surface area contributed by atoms with E-state index in [9.17, 15) is 9.59 Å². The first-order valence-corrected chi connectivity index (χ1v) is 5.80. The Balaban J connectivity index is 2.13. The Hall–Kier alpha value is -2.10. The number of benzene rings is 1. The number of hydrogen-bond donors (Lipinski definition) is 0. The second-order valence-electron chi connectivity index (χ2n) is 4.45. The Bertz CT molecular complexity index is 489. The maximum absolute atomic E-state index is 11.8. The first-order valence-electron chi connectivity index (χ1n) is 5.80. The fourth-order valence-electron chi connectivity index (χ4n) is 1.81. The summed E-state index contributed by atoms with van der Waals surface area (Å²) in [6, 6.07) is 9.42. The molecule has 0 N–H and O–H groups in total. The molecule has 94 valence electrons. The highest BCUT2D eigenvalue weighted by molar-refractivity contribution is 5.99. The van der Waals surface area contributed by atoms with Crippen LogP contribution in [0.3, 0.4) is 0 Å². The molecule has 1 saturated heterocycles. The average molecular weight is 245 g/mol. The van der Waals surface area contributed by atoms with Crippen molar-refractivity contribution in [2.45, 2.75) is 20.0 Å². The summed E-state index contributed by atoms with van der Waals surface area (Å²) in [5.41, 5.74) is 1.76. The normalized spacial score (nSPS) is 18.4. The molecule has 0 bridgehead atoms. The number of imide groups is 1. The van der Waals surface area contributed by atoms with E-state index < -0.39 is 6.09 Å². The molecule has 1 aliphatic rings. The van der Waals surface area contributed by atoms with Gasteiger partial charge in [-0.25, -0.2) is 9.69 Å². The zero-order valence-electron chi connectivity index (χ0n) is 10.4. The third-order valence-corrected chi connectivity index (χ3v) is 2.66. The quantitative estimate of drug-likeness (QED) is 0.752. The van der Waals surface area contributed by atoms with Crippen LogP contribution in [0.2, 0.25) is 0 Å². The van der Waals surface area contributed by atoms with Crippen molar-refractivity contribution in [2.75, 3.05) is 6.54 Å². The molecule has 0 spiro atoms. The third kappa shape index (κ3) is 2.59. The van der Waals surface area contributed by atoms with E-state index in [1.165, 1.54) is 6.08 Å². The highest BCUT2D eigenvalue weighted by Gasteiger charge is 2.35. The van der Waals surface area contributed by atoms with Gasteiger partial charge in [0, 0.05) is 6.08 Å². The lowest BCUT2D eigenvalue weighted by Crippen LogP contribution is -2.30. The Kier molecular flexibility index (Phi) is 3.46. The van der Waals surface area contributed by atoms with E-state index in [4.69, 9.17) is 4.74 Å². The van der Waals surface area contributed by atoms with Crippen LogP contribution in [0.4, 0.5) is 4.79 Å². The minimum Gasteiger partial charge on any atom is -0.439 e. The van der Waals surface area contributed by atoms with Gasteiger partial charge in [-0.2, -0.15) is 0 Å². The van der Waals surface area contributed by atoms with Crippen LogP contribution >= 0.6 is 0 Å². The minimum atomic E-state index is -0.577. The molecule has 1 heterocycles. The van der Waals surface area contributed by atoms with Gasteiger partial charge in [0.1, 0.15) is 6.10 Å². The zero-order valence-corrected chi connectivity index (χ0v) is 10.4. The van der Waals surface area contributed by atoms with E-state index in [1.54, 1.807) is 0 Å². The molecule has 1 aromatic rings. The van der Waals surface area contributed by atoms with E-state index >= 15 is 0 Å². The number of cyclic esters (lactones) is 1. The predicted octanol–water partition coefficient (Wildman–Crippen LogP) is 2.67. The molecule has 1 fully saturated rings. The molecule has 1 aliphatic heterocycles. The Morgan fingerprint density at radius 2 is 2.00 bits per heavy atom. The lowest BCUT2D eigenvalue weighted by molar-refractivity contribution is -0.122. The van der Waals surface area contributed by atoms with Crippen LogP contribution in [-0.4, -0.2) is 23.4 Å². The Morgan fingerprint density at radius 3 is 2.61 bits per heavy atom. The first-order chi connectivity index (χ1) is 8.58. The number of hydrogen-bond acceptors (Lipinski definition) is 3. The van der Waals surface area contributed by atoms with Gasteiger partial charge in [0.05, 0.1) is 6.54 Å². The maximum Gasteiger partial charge on any atom is 0.417 e. The fraction of sp³-hybridized carbons (Fsp3) is 0.286. The zero-order chi connectivity index (χ0) is 13.1. The fourth-order valence-corrected chi connectivity index (χ4v) is 1.81. The van der Waals surface area contributed by atoms with Crippen LogP contribution in [0.1, 0.15) is 25.5 Å². The number of nitrogens with zero attached hydrogens (tertiary/aromatic N) is 1. The van der Waals surface area contributed by atoms with Crippen molar-refractivity contribution in [2.24, 2.45) is 0 Å². The first kappa shape index (κ1) is 12.4. The number of carbonyl (C=O) groups excluding carboxylic acids is 2. The summed E-state index contributed by atoms with van der Waals surface area (Å²) in [5, 5.41) is 0. The van der Waals surface area contributed by atoms with Gasteiger partial charge in [0.2, 0.25) is 0 Å². The van der Waals surface area contributed by atoms with Crippen LogP contribution in [0.5, 0.6) is 0 Å². The van der Waals surface area contributed by atoms with Gasteiger partial charge in [-0.1, -0.05) is 35.9 Å². The van der Waals surface area contributed by atoms with Crippen LogP contribution in [0.25, 0.3) is 0 Å². The lowest BCUT2D eigenvalue weighted by atomic mass is 10.1. The summed E-state index contributed by atoms with van der Waals surface area (Å²) < 4.78 is 5.20. The average Bonchev–Trinajstić information content (AvgIpc) is 2.72. The predicted molar refractivity (Wildman–Crippen MR) is 66.8 cm³/mol. The lowest BCUT2D eigenvalue weighted by Gasteiger charge is -2.08. The number of rotatable bonds is 2. The van der Waals surface area contributed by atoms with E-state index in [-0.39, 0.29) is 18.6 Å².